The molecule has 182 valence electrons. The van der Waals surface area contributed by atoms with E-state index in [9.17, 15) is 18.0 Å². The van der Waals surface area contributed by atoms with Gasteiger partial charge in [0.15, 0.2) is 0 Å². The van der Waals surface area contributed by atoms with Gasteiger partial charge in [-0.25, -0.2) is 0 Å². The first-order chi connectivity index (χ1) is 15.5. The van der Waals surface area contributed by atoms with E-state index >= 15 is 0 Å². The molecule has 0 radical (unpaired) electrons. The Hall–Kier alpha value is -2.78. The van der Waals surface area contributed by atoms with Crippen LogP contribution in [0.3, 0.4) is 0 Å². The number of carbonyl (C=O) groups is 1. The molecular weight excluding hydrogens is 439 g/mol. The molecule has 0 aliphatic carbocycles. The first-order valence-corrected chi connectivity index (χ1v) is 10.5. The third-order valence-electron chi connectivity index (χ3n) is 4.43. The highest BCUT2D eigenvalue weighted by Crippen LogP contribution is 2.35. The molecule has 0 spiro atoms. The molecule has 1 N–H and O–H groups in total. The van der Waals surface area contributed by atoms with E-state index in [0.29, 0.717) is 11.4 Å². The Morgan fingerprint density at radius 2 is 1.70 bits per heavy atom. The van der Waals surface area contributed by atoms with Gasteiger partial charge < -0.3 is 24.3 Å². The lowest BCUT2D eigenvalue weighted by atomic mass is 10.0. The van der Waals surface area contributed by atoms with Crippen LogP contribution in [-0.2, 0) is 33.5 Å². The molecule has 0 saturated heterocycles. The predicted octanol–water partition coefficient (Wildman–Crippen LogP) is 5.58. The van der Waals surface area contributed by atoms with Crippen LogP contribution in [0.2, 0.25) is 0 Å². The van der Waals surface area contributed by atoms with Crippen molar-refractivity contribution in [2.75, 3.05) is 19.2 Å². The zero-order valence-corrected chi connectivity index (χ0v) is 19.4. The maximum Gasteiger partial charge on any atom is 0.416 e. The highest BCUT2D eigenvalue weighted by atomic mass is 19.4. The number of rotatable bonds is 11. The highest BCUT2D eigenvalue weighted by Gasteiger charge is 2.34. The van der Waals surface area contributed by atoms with E-state index < -0.39 is 24.1 Å². The van der Waals surface area contributed by atoms with Gasteiger partial charge in [0.2, 0.25) is 5.91 Å². The molecular formula is C24H30F3NO5. The second kappa shape index (κ2) is 11.9. The van der Waals surface area contributed by atoms with Crippen molar-refractivity contribution in [2.24, 2.45) is 0 Å². The van der Waals surface area contributed by atoms with Crippen LogP contribution in [0.25, 0.3) is 0 Å². The van der Waals surface area contributed by atoms with Crippen molar-refractivity contribution in [3.8, 4) is 11.5 Å². The Kier molecular flexibility index (Phi) is 9.55. The number of hydrogen-bond donors (Lipinski definition) is 1. The van der Waals surface area contributed by atoms with E-state index in [1.807, 2.05) is 27.7 Å². The number of methoxy groups -OCH3 is 1. The molecule has 0 aliphatic rings. The van der Waals surface area contributed by atoms with Gasteiger partial charge in [-0.05, 0) is 51.5 Å². The Morgan fingerprint density at radius 3 is 2.30 bits per heavy atom. The smallest absolute Gasteiger partial charge is 0.416 e. The van der Waals surface area contributed by atoms with Crippen LogP contribution in [0.1, 0.15) is 44.4 Å². The van der Waals surface area contributed by atoms with Gasteiger partial charge in [-0.15, -0.1) is 0 Å². The van der Waals surface area contributed by atoms with Gasteiger partial charge in [0, 0.05) is 17.3 Å². The maximum atomic E-state index is 13.4. The molecule has 0 atom stereocenters. The van der Waals surface area contributed by atoms with Crippen LogP contribution < -0.4 is 14.8 Å². The van der Waals surface area contributed by atoms with Gasteiger partial charge in [-0.1, -0.05) is 12.1 Å². The van der Waals surface area contributed by atoms with Crippen LogP contribution in [0.5, 0.6) is 11.5 Å². The largest absolute Gasteiger partial charge is 0.497 e. The van der Waals surface area contributed by atoms with Crippen molar-refractivity contribution in [1.29, 1.82) is 0 Å². The van der Waals surface area contributed by atoms with Gasteiger partial charge in [0.05, 0.1) is 37.9 Å². The summed E-state index contributed by atoms with van der Waals surface area (Å²) in [6.07, 6.45) is -5.15. The number of benzene rings is 2. The first kappa shape index (κ1) is 26.5. The van der Waals surface area contributed by atoms with Crippen LogP contribution in [0.4, 0.5) is 18.9 Å². The molecule has 2 aromatic carbocycles. The third kappa shape index (κ3) is 8.58. The highest BCUT2D eigenvalue weighted by molar-refractivity contribution is 5.92. The second-order valence-electron chi connectivity index (χ2n) is 7.92. The number of anilines is 1. The molecule has 2 aromatic rings. The fourth-order valence-corrected chi connectivity index (χ4v) is 2.93. The van der Waals surface area contributed by atoms with E-state index in [1.165, 1.54) is 19.2 Å². The zero-order chi connectivity index (χ0) is 24.6. The minimum Gasteiger partial charge on any atom is -0.497 e. The summed E-state index contributed by atoms with van der Waals surface area (Å²) >= 11 is 0. The molecule has 0 fully saturated rings. The molecule has 2 rings (SSSR count). The average molecular weight is 470 g/mol. The van der Waals surface area contributed by atoms with Crippen molar-refractivity contribution >= 4 is 11.6 Å². The SMILES string of the molecule is COc1ccc(CC(=O)Nc2ccc(COCOC(C)C)c(OC(C)C)c2)c(C(F)(F)F)c1. The lowest BCUT2D eigenvalue weighted by molar-refractivity contribution is -0.138. The molecule has 0 aliphatic heterocycles. The number of carbonyl (C=O) groups excluding carboxylic acids is 1. The molecule has 33 heavy (non-hydrogen) atoms. The number of ether oxygens (including phenoxy) is 4. The molecule has 0 bridgehead atoms. The monoisotopic (exact) mass is 469 g/mol. The van der Waals surface area contributed by atoms with E-state index in [0.717, 1.165) is 11.6 Å². The van der Waals surface area contributed by atoms with Gasteiger partial charge in [-0.3, -0.25) is 4.79 Å². The summed E-state index contributed by atoms with van der Waals surface area (Å²) in [5, 5.41) is 2.64. The van der Waals surface area contributed by atoms with E-state index in [1.54, 1.807) is 18.2 Å². The molecule has 0 heterocycles. The number of hydrogen-bond acceptors (Lipinski definition) is 5. The van der Waals surface area contributed by atoms with Crippen molar-refractivity contribution in [3.05, 3.63) is 53.1 Å². The molecule has 0 saturated carbocycles. The number of nitrogens with one attached hydrogen (secondary N) is 1. The van der Waals surface area contributed by atoms with Crippen LogP contribution in [-0.4, -0.2) is 32.0 Å². The number of alkyl halides is 3. The minimum absolute atomic E-state index is 0.0394. The Balaban J connectivity index is 2.14. The first-order valence-electron chi connectivity index (χ1n) is 10.5. The van der Waals surface area contributed by atoms with Gasteiger partial charge >= 0.3 is 6.18 Å². The number of amides is 1. The second-order valence-corrected chi connectivity index (χ2v) is 7.92. The lowest BCUT2D eigenvalue weighted by Gasteiger charge is -2.17. The average Bonchev–Trinajstić information content (AvgIpc) is 2.71. The summed E-state index contributed by atoms with van der Waals surface area (Å²) in [6, 6.07) is 8.52. The normalized spacial score (nSPS) is 11.7. The van der Waals surface area contributed by atoms with E-state index in [2.05, 4.69) is 5.32 Å². The summed E-state index contributed by atoms with van der Waals surface area (Å²) in [4.78, 5) is 12.5. The number of halogens is 3. The molecule has 9 heteroatoms. The van der Waals surface area contributed by atoms with E-state index in [-0.39, 0.29) is 36.9 Å². The van der Waals surface area contributed by atoms with Crippen LogP contribution >= 0.6 is 0 Å². The molecule has 6 nitrogen and oxygen atoms in total. The third-order valence-corrected chi connectivity index (χ3v) is 4.43. The van der Waals surface area contributed by atoms with Gasteiger partial charge in [0.1, 0.15) is 18.3 Å². The summed E-state index contributed by atoms with van der Waals surface area (Å²) in [5.74, 6) is -0.0122. The standard InChI is InChI=1S/C24H30F3NO5/c1-15(2)32-14-31-13-18-6-8-19(11-22(18)33-16(3)4)28-23(29)10-17-7-9-20(30-5)12-21(17)24(25,26)27/h6-9,11-12,15-16H,10,13-14H2,1-5H3,(H,28,29). The Morgan fingerprint density at radius 1 is 1.00 bits per heavy atom. The molecule has 0 aromatic heterocycles. The lowest BCUT2D eigenvalue weighted by Crippen LogP contribution is -2.18. The van der Waals surface area contributed by atoms with Crippen LogP contribution in [0.15, 0.2) is 36.4 Å². The van der Waals surface area contributed by atoms with Crippen LogP contribution in [0, 0.1) is 0 Å². The topological polar surface area (TPSA) is 66.0 Å². The summed E-state index contributed by atoms with van der Waals surface area (Å²) in [7, 11) is 1.28. The summed E-state index contributed by atoms with van der Waals surface area (Å²) in [6.45, 7) is 7.89. The molecule has 0 unspecified atom stereocenters. The van der Waals surface area contributed by atoms with Crippen molar-refractivity contribution in [3.63, 3.8) is 0 Å². The Labute approximate surface area is 192 Å². The quantitative estimate of drug-likeness (QED) is 0.344. The fourth-order valence-electron chi connectivity index (χ4n) is 2.93. The maximum absolute atomic E-state index is 13.4. The van der Waals surface area contributed by atoms with Crippen molar-refractivity contribution < 1.29 is 36.9 Å². The van der Waals surface area contributed by atoms with Gasteiger partial charge in [0.25, 0.3) is 0 Å². The van der Waals surface area contributed by atoms with Gasteiger partial charge in [-0.2, -0.15) is 13.2 Å². The van der Waals surface area contributed by atoms with Crippen molar-refractivity contribution in [2.45, 2.75) is 59.1 Å². The fraction of sp³-hybridized carbons (Fsp3) is 0.458. The Bertz CT molecular complexity index is 929. The van der Waals surface area contributed by atoms with Crippen molar-refractivity contribution in [1.82, 2.24) is 0 Å². The zero-order valence-electron chi connectivity index (χ0n) is 19.4. The predicted molar refractivity (Wildman–Crippen MR) is 118 cm³/mol. The molecule has 1 amide bonds. The van der Waals surface area contributed by atoms with E-state index in [4.69, 9.17) is 18.9 Å². The summed E-state index contributed by atoms with van der Waals surface area (Å²) in [5.41, 5.74) is 0.107. The summed E-state index contributed by atoms with van der Waals surface area (Å²) < 4.78 is 61.8. The minimum atomic E-state index is -4.61.